The maximum absolute atomic E-state index is 12.1. The van der Waals surface area contributed by atoms with Gasteiger partial charge in [-0.05, 0) is 26.0 Å². The molecule has 0 aliphatic carbocycles. The van der Waals surface area contributed by atoms with Crippen LogP contribution >= 0.6 is 0 Å². The van der Waals surface area contributed by atoms with E-state index in [0.29, 0.717) is 31.1 Å². The number of carbonyl (C=O) groups excluding carboxylic acids is 1. The van der Waals surface area contributed by atoms with Gasteiger partial charge in [0.15, 0.2) is 0 Å². The molecule has 6 heteroatoms. The molecular weight excluding hydrogens is 274 g/mol. The molecule has 0 fully saturated rings. The van der Waals surface area contributed by atoms with Crippen molar-refractivity contribution >= 4 is 11.9 Å². The van der Waals surface area contributed by atoms with Crippen molar-refractivity contribution in [3.63, 3.8) is 0 Å². The van der Waals surface area contributed by atoms with Gasteiger partial charge in [0.25, 0.3) is 5.91 Å². The summed E-state index contributed by atoms with van der Waals surface area (Å²) in [7, 11) is 0. The maximum atomic E-state index is 12.1. The van der Waals surface area contributed by atoms with Gasteiger partial charge in [0, 0.05) is 12.6 Å². The second-order valence-electron chi connectivity index (χ2n) is 4.51. The third kappa shape index (κ3) is 6.27. The van der Waals surface area contributed by atoms with Crippen molar-refractivity contribution in [2.75, 3.05) is 19.8 Å². The highest BCUT2D eigenvalue weighted by Gasteiger charge is 2.16. The van der Waals surface area contributed by atoms with E-state index in [9.17, 15) is 9.59 Å². The fraction of sp³-hybridized carbons (Fsp3) is 0.467. The van der Waals surface area contributed by atoms with Crippen LogP contribution in [0.2, 0.25) is 0 Å². The number of amides is 1. The van der Waals surface area contributed by atoms with Gasteiger partial charge in [0.2, 0.25) is 0 Å². The zero-order valence-corrected chi connectivity index (χ0v) is 12.3. The van der Waals surface area contributed by atoms with Crippen LogP contribution in [0.4, 0.5) is 0 Å². The van der Waals surface area contributed by atoms with E-state index in [1.807, 2.05) is 6.92 Å². The zero-order chi connectivity index (χ0) is 15.7. The number of benzene rings is 1. The Morgan fingerprint density at radius 1 is 1.29 bits per heavy atom. The summed E-state index contributed by atoms with van der Waals surface area (Å²) >= 11 is 0. The average molecular weight is 295 g/mol. The summed E-state index contributed by atoms with van der Waals surface area (Å²) in [6, 6.07) is 6.38. The molecule has 1 amide bonds. The Balaban J connectivity index is 2.64. The first kappa shape index (κ1) is 17.0. The van der Waals surface area contributed by atoms with E-state index < -0.39 is 12.0 Å². The summed E-state index contributed by atoms with van der Waals surface area (Å²) in [6.45, 7) is 4.94. The first-order valence-corrected chi connectivity index (χ1v) is 6.86. The van der Waals surface area contributed by atoms with E-state index in [0.717, 1.165) is 0 Å². The van der Waals surface area contributed by atoms with Crippen LogP contribution in [-0.4, -0.2) is 42.8 Å². The minimum atomic E-state index is -0.955. The van der Waals surface area contributed by atoms with Crippen molar-refractivity contribution in [1.29, 1.82) is 0 Å². The number of hydrogen-bond acceptors (Lipinski definition) is 4. The zero-order valence-electron chi connectivity index (χ0n) is 12.3. The molecule has 0 radical (unpaired) electrons. The van der Waals surface area contributed by atoms with Gasteiger partial charge in [-0.1, -0.05) is 12.1 Å². The Kier molecular flexibility index (Phi) is 7.25. The molecule has 1 atom stereocenters. The van der Waals surface area contributed by atoms with Crippen LogP contribution in [0.5, 0.6) is 5.75 Å². The number of carbonyl (C=O) groups is 2. The van der Waals surface area contributed by atoms with E-state index in [1.54, 1.807) is 31.2 Å². The monoisotopic (exact) mass is 295 g/mol. The van der Waals surface area contributed by atoms with Crippen LogP contribution in [0.1, 0.15) is 30.6 Å². The molecule has 1 aromatic carbocycles. The van der Waals surface area contributed by atoms with Gasteiger partial charge >= 0.3 is 5.97 Å². The van der Waals surface area contributed by atoms with Gasteiger partial charge < -0.3 is 19.9 Å². The Hall–Kier alpha value is -2.08. The van der Waals surface area contributed by atoms with E-state index in [4.69, 9.17) is 14.6 Å². The normalized spacial score (nSPS) is 11.7. The highest BCUT2D eigenvalue weighted by atomic mass is 16.5. The lowest BCUT2D eigenvalue weighted by Crippen LogP contribution is -2.34. The van der Waals surface area contributed by atoms with Crippen LogP contribution in [0.3, 0.4) is 0 Å². The van der Waals surface area contributed by atoms with E-state index in [2.05, 4.69) is 5.32 Å². The van der Waals surface area contributed by atoms with Crippen molar-refractivity contribution in [2.45, 2.75) is 26.3 Å². The number of aliphatic carboxylic acids is 1. The first-order chi connectivity index (χ1) is 10.0. The molecule has 0 spiro atoms. The lowest BCUT2D eigenvalue weighted by atomic mass is 10.1. The second-order valence-corrected chi connectivity index (χ2v) is 4.51. The van der Waals surface area contributed by atoms with Crippen molar-refractivity contribution < 1.29 is 24.2 Å². The highest BCUT2D eigenvalue weighted by molar-refractivity contribution is 5.97. The molecule has 0 aliphatic heterocycles. The maximum Gasteiger partial charge on any atom is 0.305 e. The number of ether oxygens (including phenoxy) is 2. The number of carboxylic acids is 1. The predicted molar refractivity (Wildman–Crippen MR) is 77.6 cm³/mol. The summed E-state index contributed by atoms with van der Waals surface area (Å²) in [5, 5.41) is 11.3. The second kappa shape index (κ2) is 8.97. The minimum absolute atomic E-state index is 0.126. The molecule has 6 nitrogen and oxygen atoms in total. The number of carboxylic acid groups (broad SMARTS) is 1. The van der Waals surface area contributed by atoms with Gasteiger partial charge in [0.1, 0.15) is 12.4 Å². The predicted octanol–water partition coefficient (Wildman–Crippen LogP) is 1.69. The molecule has 1 unspecified atom stereocenters. The average Bonchev–Trinajstić information content (AvgIpc) is 2.43. The summed E-state index contributed by atoms with van der Waals surface area (Å²) in [5.74, 6) is -0.850. The molecule has 0 saturated heterocycles. The highest BCUT2D eigenvalue weighted by Crippen LogP contribution is 2.18. The standard InChI is InChI=1S/C15H21NO5/c1-3-20-8-9-21-13-7-5-4-6-12(13)15(19)16-11(2)10-14(17)18/h4-7,11H,3,8-10H2,1-2H3,(H,16,19)(H,17,18). The fourth-order valence-corrected chi connectivity index (χ4v) is 1.75. The van der Waals surface area contributed by atoms with Gasteiger partial charge in [0.05, 0.1) is 18.6 Å². The summed E-state index contributed by atoms with van der Waals surface area (Å²) < 4.78 is 10.7. The van der Waals surface area contributed by atoms with Gasteiger partial charge in [-0.3, -0.25) is 9.59 Å². The number of nitrogens with one attached hydrogen (secondary N) is 1. The van der Waals surface area contributed by atoms with Gasteiger partial charge in [-0.25, -0.2) is 0 Å². The van der Waals surface area contributed by atoms with Crippen molar-refractivity contribution in [2.24, 2.45) is 0 Å². The van der Waals surface area contributed by atoms with E-state index in [1.165, 1.54) is 0 Å². The number of hydrogen-bond donors (Lipinski definition) is 2. The summed E-state index contributed by atoms with van der Waals surface area (Å²) in [5.41, 5.74) is 0.381. The van der Waals surface area contributed by atoms with Crippen molar-refractivity contribution in [1.82, 2.24) is 5.32 Å². The summed E-state index contributed by atoms with van der Waals surface area (Å²) in [4.78, 5) is 22.7. The molecule has 0 saturated carbocycles. The van der Waals surface area contributed by atoms with Crippen LogP contribution in [0, 0.1) is 0 Å². The van der Waals surface area contributed by atoms with Crippen LogP contribution < -0.4 is 10.1 Å². The van der Waals surface area contributed by atoms with Gasteiger partial charge in [-0.2, -0.15) is 0 Å². The molecule has 0 heterocycles. The minimum Gasteiger partial charge on any atom is -0.490 e. The lowest BCUT2D eigenvalue weighted by molar-refractivity contribution is -0.137. The largest absolute Gasteiger partial charge is 0.490 e. The topological polar surface area (TPSA) is 84.9 Å². The van der Waals surface area contributed by atoms with Crippen LogP contribution in [0.15, 0.2) is 24.3 Å². The molecule has 1 rings (SSSR count). The van der Waals surface area contributed by atoms with E-state index >= 15 is 0 Å². The molecule has 1 aromatic rings. The third-order valence-corrected chi connectivity index (χ3v) is 2.68. The Bertz CT molecular complexity index is 475. The third-order valence-electron chi connectivity index (χ3n) is 2.68. The summed E-state index contributed by atoms with van der Waals surface area (Å²) in [6.07, 6.45) is -0.126. The number of rotatable bonds is 9. The first-order valence-electron chi connectivity index (χ1n) is 6.86. The molecule has 0 bridgehead atoms. The molecule has 0 aromatic heterocycles. The Labute approximate surface area is 124 Å². The SMILES string of the molecule is CCOCCOc1ccccc1C(=O)NC(C)CC(=O)O. The molecule has 116 valence electrons. The van der Waals surface area contributed by atoms with Crippen molar-refractivity contribution in [3.05, 3.63) is 29.8 Å². The Morgan fingerprint density at radius 2 is 2.00 bits per heavy atom. The molecule has 0 aliphatic rings. The lowest BCUT2D eigenvalue weighted by Gasteiger charge is -2.14. The van der Waals surface area contributed by atoms with Crippen LogP contribution in [0.25, 0.3) is 0 Å². The van der Waals surface area contributed by atoms with Crippen LogP contribution in [-0.2, 0) is 9.53 Å². The number of para-hydroxylation sites is 1. The van der Waals surface area contributed by atoms with Gasteiger partial charge in [-0.15, -0.1) is 0 Å². The molecule has 21 heavy (non-hydrogen) atoms. The van der Waals surface area contributed by atoms with Crippen molar-refractivity contribution in [3.8, 4) is 5.75 Å². The molecular formula is C15H21NO5. The Morgan fingerprint density at radius 3 is 2.67 bits per heavy atom. The molecule has 2 N–H and O–H groups in total. The van der Waals surface area contributed by atoms with E-state index in [-0.39, 0.29) is 12.3 Å². The fourth-order valence-electron chi connectivity index (χ4n) is 1.75. The smallest absolute Gasteiger partial charge is 0.305 e. The quantitative estimate of drug-likeness (QED) is 0.677.